The van der Waals surface area contributed by atoms with E-state index in [1.54, 1.807) is 26.4 Å². The Hall–Kier alpha value is -2.73. The van der Waals surface area contributed by atoms with Crippen LogP contribution in [0.4, 0.5) is 5.69 Å². The first kappa shape index (κ1) is 18.1. The van der Waals surface area contributed by atoms with Crippen LogP contribution in [0.3, 0.4) is 0 Å². The molecule has 0 atom stereocenters. The second-order valence-electron chi connectivity index (χ2n) is 5.94. The molecule has 1 aliphatic rings. The topological polar surface area (TPSA) is 59.9 Å². The zero-order valence-electron chi connectivity index (χ0n) is 15.1. The number of hydrogen-bond acceptors (Lipinski definition) is 5. The lowest BCUT2D eigenvalue weighted by atomic mass is 10.1. The van der Waals surface area contributed by atoms with Crippen LogP contribution in [-0.4, -0.2) is 25.3 Å². The van der Waals surface area contributed by atoms with E-state index in [-0.39, 0.29) is 5.91 Å². The number of ether oxygens (including phenoxy) is 2. The van der Waals surface area contributed by atoms with Gasteiger partial charge in [0.05, 0.1) is 24.8 Å². The van der Waals surface area contributed by atoms with Crippen molar-refractivity contribution in [1.82, 2.24) is 5.32 Å². The van der Waals surface area contributed by atoms with Crippen molar-refractivity contribution in [1.29, 1.82) is 0 Å². The van der Waals surface area contributed by atoms with Crippen LogP contribution in [0.5, 0.6) is 11.5 Å². The van der Waals surface area contributed by atoms with Crippen LogP contribution >= 0.6 is 11.8 Å². The molecule has 2 aromatic rings. The fourth-order valence-corrected chi connectivity index (χ4v) is 3.52. The lowest BCUT2D eigenvalue weighted by Crippen LogP contribution is -2.19. The summed E-state index contributed by atoms with van der Waals surface area (Å²) in [7, 11) is 3.19. The molecule has 26 heavy (non-hydrogen) atoms. The van der Waals surface area contributed by atoms with Gasteiger partial charge in [0.25, 0.3) is 5.91 Å². The Bertz CT molecular complexity index is 899. The highest BCUT2D eigenvalue weighted by Gasteiger charge is 2.24. The van der Waals surface area contributed by atoms with Gasteiger partial charge in [-0.05, 0) is 67.1 Å². The number of methoxy groups -OCH3 is 2. The van der Waals surface area contributed by atoms with Crippen molar-refractivity contribution >= 4 is 34.6 Å². The standard InChI is InChI=1S/C20H20N2O3S/c1-12-7-13(2)9-15(8-12)21-20-22-19(23)18(26-20)10-14-5-6-16(24-3)11-17(14)25-4/h5-11H,1-4H3,(H,21,22,23). The molecule has 1 amide bonds. The Balaban J connectivity index is 1.88. The first-order valence-electron chi connectivity index (χ1n) is 8.08. The average Bonchev–Trinajstić information content (AvgIpc) is 2.93. The summed E-state index contributed by atoms with van der Waals surface area (Å²) in [5, 5.41) is 3.38. The van der Waals surface area contributed by atoms with Crippen LogP contribution in [-0.2, 0) is 4.79 Å². The largest absolute Gasteiger partial charge is 0.497 e. The van der Waals surface area contributed by atoms with Crippen molar-refractivity contribution in [2.75, 3.05) is 14.2 Å². The zero-order chi connectivity index (χ0) is 18.7. The average molecular weight is 368 g/mol. The summed E-state index contributed by atoms with van der Waals surface area (Å²) < 4.78 is 10.6. The summed E-state index contributed by atoms with van der Waals surface area (Å²) in [5.41, 5.74) is 3.90. The van der Waals surface area contributed by atoms with Gasteiger partial charge < -0.3 is 14.8 Å². The van der Waals surface area contributed by atoms with Crippen LogP contribution in [0, 0.1) is 13.8 Å². The van der Waals surface area contributed by atoms with Gasteiger partial charge in [0.2, 0.25) is 0 Å². The highest BCUT2D eigenvalue weighted by Crippen LogP contribution is 2.32. The summed E-state index contributed by atoms with van der Waals surface area (Å²) >= 11 is 1.31. The van der Waals surface area contributed by atoms with E-state index < -0.39 is 0 Å². The number of aliphatic imine (C=N–C) groups is 1. The molecule has 1 heterocycles. The molecular weight excluding hydrogens is 348 g/mol. The van der Waals surface area contributed by atoms with E-state index in [0.717, 1.165) is 22.4 Å². The Kier molecular flexibility index (Phi) is 5.32. The highest BCUT2D eigenvalue weighted by molar-refractivity contribution is 8.18. The number of amidine groups is 1. The minimum atomic E-state index is -0.170. The summed E-state index contributed by atoms with van der Waals surface area (Å²) in [6.45, 7) is 4.05. The molecule has 6 heteroatoms. The van der Waals surface area contributed by atoms with Gasteiger partial charge in [-0.25, -0.2) is 4.99 Å². The molecule has 1 aliphatic heterocycles. The highest BCUT2D eigenvalue weighted by atomic mass is 32.2. The summed E-state index contributed by atoms with van der Waals surface area (Å²) in [4.78, 5) is 17.4. The number of nitrogens with zero attached hydrogens (tertiary/aromatic N) is 1. The van der Waals surface area contributed by atoms with Gasteiger partial charge in [-0.1, -0.05) is 6.07 Å². The number of hydrogen-bond donors (Lipinski definition) is 1. The van der Waals surface area contributed by atoms with Crippen LogP contribution in [0.25, 0.3) is 6.08 Å². The zero-order valence-corrected chi connectivity index (χ0v) is 15.9. The first-order chi connectivity index (χ1) is 12.5. The van der Waals surface area contributed by atoms with E-state index in [9.17, 15) is 4.79 Å². The fraction of sp³-hybridized carbons (Fsp3) is 0.200. The molecule has 0 spiro atoms. The van der Waals surface area contributed by atoms with E-state index in [1.807, 2.05) is 38.1 Å². The number of nitrogens with one attached hydrogen (secondary N) is 1. The van der Waals surface area contributed by atoms with Crippen LogP contribution in [0.1, 0.15) is 16.7 Å². The normalized spacial score (nSPS) is 16.8. The molecule has 3 rings (SSSR count). The Morgan fingerprint density at radius 3 is 2.42 bits per heavy atom. The van der Waals surface area contributed by atoms with Crippen molar-refractivity contribution in [3.8, 4) is 11.5 Å². The molecule has 0 aliphatic carbocycles. The van der Waals surface area contributed by atoms with Crippen molar-refractivity contribution in [3.05, 3.63) is 58.0 Å². The molecule has 0 bridgehead atoms. The van der Waals surface area contributed by atoms with E-state index >= 15 is 0 Å². The lowest BCUT2D eigenvalue weighted by Gasteiger charge is -2.07. The number of benzene rings is 2. The molecule has 1 fully saturated rings. The van der Waals surface area contributed by atoms with Gasteiger partial charge in [-0.15, -0.1) is 0 Å². The molecular formula is C20H20N2O3S. The van der Waals surface area contributed by atoms with Crippen molar-refractivity contribution in [3.63, 3.8) is 0 Å². The molecule has 1 N–H and O–H groups in total. The Labute approximate surface area is 157 Å². The van der Waals surface area contributed by atoms with E-state index in [1.165, 1.54) is 11.8 Å². The molecule has 2 aromatic carbocycles. The van der Waals surface area contributed by atoms with Crippen molar-refractivity contribution in [2.24, 2.45) is 4.99 Å². The number of thioether (sulfide) groups is 1. The van der Waals surface area contributed by atoms with E-state index in [0.29, 0.717) is 21.6 Å². The molecule has 0 unspecified atom stereocenters. The second-order valence-corrected chi connectivity index (χ2v) is 6.97. The Morgan fingerprint density at radius 2 is 1.77 bits per heavy atom. The smallest absolute Gasteiger partial charge is 0.264 e. The summed E-state index contributed by atoms with van der Waals surface area (Å²) in [6.07, 6.45) is 1.79. The molecule has 0 radical (unpaired) electrons. The van der Waals surface area contributed by atoms with Gasteiger partial charge in [-0.3, -0.25) is 4.79 Å². The predicted octanol–water partition coefficient (Wildman–Crippen LogP) is 4.21. The minimum absolute atomic E-state index is 0.170. The van der Waals surface area contributed by atoms with Crippen molar-refractivity contribution in [2.45, 2.75) is 13.8 Å². The number of carbonyl (C=O) groups is 1. The number of amides is 1. The van der Waals surface area contributed by atoms with Crippen LogP contribution in [0.2, 0.25) is 0 Å². The predicted molar refractivity (Wildman–Crippen MR) is 106 cm³/mol. The van der Waals surface area contributed by atoms with Crippen LogP contribution < -0.4 is 14.8 Å². The Morgan fingerprint density at radius 1 is 1.04 bits per heavy atom. The number of rotatable bonds is 4. The second kappa shape index (κ2) is 7.66. The third-order valence-electron chi connectivity index (χ3n) is 3.82. The van der Waals surface area contributed by atoms with Crippen molar-refractivity contribution < 1.29 is 14.3 Å². The van der Waals surface area contributed by atoms with E-state index in [4.69, 9.17) is 9.47 Å². The third-order valence-corrected chi connectivity index (χ3v) is 4.73. The molecule has 5 nitrogen and oxygen atoms in total. The SMILES string of the molecule is COc1ccc(C=C2SC(=Nc3cc(C)cc(C)c3)NC2=O)c(OC)c1. The number of carbonyl (C=O) groups excluding carboxylic acids is 1. The maximum atomic E-state index is 12.3. The van der Waals surface area contributed by atoms with Crippen LogP contribution in [0.15, 0.2) is 46.3 Å². The first-order valence-corrected chi connectivity index (χ1v) is 8.90. The molecule has 134 valence electrons. The van der Waals surface area contributed by atoms with Gasteiger partial charge in [-0.2, -0.15) is 0 Å². The van der Waals surface area contributed by atoms with Gasteiger partial charge in [0.1, 0.15) is 11.5 Å². The maximum Gasteiger partial charge on any atom is 0.264 e. The van der Waals surface area contributed by atoms with Gasteiger partial charge >= 0.3 is 0 Å². The molecule has 0 aromatic heterocycles. The fourth-order valence-electron chi connectivity index (χ4n) is 2.69. The third kappa shape index (κ3) is 4.08. The summed E-state index contributed by atoms with van der Waals surface area (Å²) in [5.74, 6) is 1.17. The number of aryl methyl sites for hydroxylation is 2. The monoisotopic (exact) mass is 368 g/mol. The molecule has 0 saturated carbocycles. The van der Waals surface area contributed by atoms with Gasteiger partial charge in [0.15, 0.2) is 5.17 Å². The maximum absolute atomic E-state index is 12.3. The van der Waals surface area contributed by atoms with Gasteiger partial charge in [0, 0.05) is 11.6 Å². The van der Waals surface area contributed by atoms with E-state index in [2.05, 4.69) is 16.4 Å². The quantitative estimate of drug-likeness (QED) is 0.821. The summed E-state index contributed by atoms with van der Waals surface area (Å²) in [6, 6.07) is 11.5. The lowest BCUT2D eigenvalue weighted by molar-refractivity contribution is -0.115. The molecule has 1 saturated heterocycles. The minimum Gasteiger partial charge on any atom is -0.497 e.